The highest BCUT2D eigenvalue weighted by atomic mass is 35.5. The molecule has 10 heteroatoms. The van der Waals surface area contributed by atoms with Gasteiger partial charge in [-0.2, -0.15) is 10.1 Å². The third-order valence-electron chi connectivity index (χ3n) is 4.22. The number of allylic oxidation sites excluding steroid dienone is 1. The van der Waals surface area contributed by atoms with E-state index >= 15 is 0 Å². The van der Waals surface area contributed by atoms with E-state index in [1.54, 1.807) is 6.92 Å². The number of esters is 1. The van der Waals surface area contributed by atoms with Crippen LogP contribution in [-0.2, 0) is 9.53 Å². The zero-order valence-corrected chi connectivity index (χ0v) is 15.5. The lowest BCUT2D eigenvalue weighted by atomic mass is 9.88. The number of fused-ring (bicyclic) bond motifs is 1. The van der Waals surface area contributed by atoms with Crippen LogP contribution < -0.4 is 5.32 Å². The van der Waals surface area contributed by atoms with E-state index in [1.165, 1.54) is 29.2 Å². The lowest BCUT2D eigenvalue weighted by Gasteiger charge is -2.34. The zero-order chi connectivity index (χ0) is 19.6. The molecule has 1 aliphatic rings. The van der Waals surface area contributed by atoms with Crippen LogP contribution in [0.5, 0.6) is 0 Å². The average Bonchev–Trinajstić information content (AvgIpc) is 3.09. The Bertz CT molecular complexity index is 910. The van der Waals surface area contributed by atoms with E-state index in [0.29, 0.717) is 28.7 Å². The number of hydrogen-bond acceptors (Lipinski definition) is 7. The second-order valence-corrected chi connectivity index (χ2v) is 6.27. The van der Waals surface area contributed by atoms with Gasteiger partial charge in [0.25, 0.3) is 5.69 Å². The summed E-state index contributed by atoms with van der Waals surface area (Å²) in [6.07, 6.45) is 3.87. The summed E-state index contributed by atoms with van der Waals surface area (Å²) in [4.78, 5) is 27.7. The molecule has 27 heavy (non-hydrogen) atoms. The summed E-state index contributed by atoms with van der Waals surface area (Å²) in [5.74, 6) is -0.847. The van der Waals surface area contributed by atoms with Crippen molar-refractivity contribution in [3.05, 3.63) is 57.0 Å². The topological polar surface area (TPSA) is 112 Å². The predicted octanol–water partition coefficient (Wildman–Crippen LogP) is 3.33. The van der Waals surface area contributed by atoms with Crippen LogP contribution in [0.15, 0.2) is 36.3 Å². The highest BCUT2D eigenvalue weighted by Crippen LogP contribution is 2.42. The summed E-state index contributed by atoms with van der Waals surface area (Å²) in [6.45, 7) is 3.85. The fourth-order valence-electron chi connectivity index (χ4n) is 3.13. The molecule has 0 unspecified atom stereocenters. The molecule has 1 aliphatic heterocycles. The minimum Gasteiger partial charge on any atom is -0.465 e. The van der Waals surface area contributed by atoms with Crippen molar-refractivity contribution in [1.29, 1.82) is 0 Å². The summed E-state index contributed by atoms with van der Waals surface area (Å²) >= 11 is 6.36. The van der Waals surface area contributed by atoms with Crippen LogP contribution in [-0.4, -0.2) is 32.3 Å². The Morgan fingerprint density at radius 1 is 1.48 bits per heavy atom. The number of non-ortho nitro benzene ring substituents is 1. The van der Waals surface area contributed by atoms with Crippen molar-refractivity contribution in [1.82, 2.24) is 14.8 Å². The molecule has 1 aromatic carbocycles. The molecule has 1 N–H and O–H groups in total. The SMILES string of the molecule is CC/C=C1\Nc2ncnn2[C@H](c2cc([N+](=O)[O-])ccc2Cl)[C@H]1C(=O)OCC. The van der Waals surface area contributed by atoms with Gasteiger partial charge in [0.1, 0.15) is 18.3 Å². The number of nitro benzene ring substituents is 1. The lowest BCUT2D eigenvalue weighted by Crippen LogP contribution is -2.38. The third kappa shape index (κ3) is 3.50. The number of nitrogens with zero attached hydrogens (tertiary/aromatic N) is 4. The van der Waals surface area contributed by atoms with E-state index in [4.69, 9.17) is 16.3 Å². The molecule has 1 aromatic heterocycles. The molecule has 2 heterocycles. The van der Waals surface area contributed by atoms with Crippen molar-refractivity contribution < 1.29 is 14.5 Å². The van der Waals surface area contributed by atoms with Crippen LogP contribution in [0.1, 0.15) is 31.9 Å². The molecular weight excluding hydrogens is 374 g/mol. The number of anilines is 1. The van der Waals surface area contributed by atoms with Crippen LogP contribution in [0.25, 0.3) is 0 Å². The van der Waals surface area contributed by atoms with Crippen LogP contribution in [0, 0.1) is 16.0 Å². The van der Waals surface area contributed by atoms with Gasteiger partial charge in [-0.05, 0) is 19.4 Å². The molecular formula is C17H18ClN5O4. The first kappa shape index (κ1) is 18.8. The molecule has 9 nitrogen and oxygen atoms in total. The number of hydrogen-bond donors (Lipinski definition) is 1. The Kier molecular flexibility index (Phi) is 5.41. The molecule has 0 saturated heterocycles. The number of benzene rings is 1. The first-order chi connectivity index (χ1) is 13.0. The van der Waals surface area contributed by atoms with Gasteiger partial charge in [-0.15, -0.1) is 0 Å². The van der Waals surface area contributed by atoms with E-state index in [1.807, 2.05) is 13.0 Å². The number of rotatable bonds is 5. The molecule has 2 aromatic rings. The molecule has 0 aliphatic carbocycles. The summed E-state index contributed by atoms with van der Waals surface area (Å²) in [6, 6.07) is 3.39. The molecule has 3 rings (SSSR count). The number of carbonyl (C=O) groups excluding carboxylic acids is 1. The van der Waals surface area contributed by atoms with Gasteiger partial charge in [0.15, 0.2) is 0 Å². The molecule has 2 atom stereocenters. The van der Waals surface area contributed by atoms with Crippen molar-refractivity contribution in [3.8, 4) is 0 Å². The van der Waals surface area contributed by atoms with Gasteiger partial charge in [-0.1, -0.05) is 24.6 Å². The summed E-state index contributed by atoms with van der Waals surface area (Å²) in [7, 11) is 0. The van der Waals surface area contributed by atoms with Crippen molar-refractivity contribution in [2.75, 3.05) is 11.9 Å². The fraction of sp³-hybridized carbons (Fsp3) is 0.353. The van der Waals surface area contributed by atoms with E-state index in [0.717, 1.165) is 0 Å². The maximum atomic E-state index is 12.8. The number of halogens is 1. The molecule has 142 valence electrons. The first-order valence-electron chi connectivity index (χ1n) is 8.45. The smallest absolute Gasteiger partial charge is 0.317 e. The summed E-state index contributed by atoms with van der Waals surface area (Å²) < 4.78 is 6.76. The number of ether oxygens (including phenoxy) is 1. The zero-order valence-electron chi connectivity index (χ0n) is 14.8. The number of nitrogens with one attached hydrogen (secondary N) is 1. The fourth-order valence-corrected chi connectivity index (χ4v) is 3.36. The normalized spacial score (nSPS) is 20.0. The van der Waals surface area contributed by atoms with Crippen molar-refractivity contribution in [3.63, 3.8) is 0 Å². The Morgan fingerprint density at radius 3 is 2.93 bits per heavy atom. The van der Waals surface area contributed by atoms with Gasteiger partial charge in [-0.25, -0.2) is 4.68 Å². The number of aromatic nitrogens is 3. The maximum Gasteiger partial charge on any atom is 0.317 e. The number of nitro groups is 1. The van der Waals surface area contributed by atoms with Gasteiger partial charge in [-0.3, -0.25) is 14.9 Å². The minimum atomic E-state index is -0.793. The standard InChI is InChI=1S/C17H18ClN5O4/c1-3-5-13-14(16(24)27-4-2)15(22-17(21-13)19-9-20-22)11-8-10(23(25)26)6-7-12(11)18/h5-9,14-15H,3-4H2,1-2H3,(H,19,20,21)/b13-5-/t14-,15+/m0/s1. The van der Waals surface area contributed by atoms with Crippen molar-refractivity contribution in [2.24, 2.45) is 5.92 Å². The minimum absolute atomic E-state index is 0.127. The third-order valence-corrected chi connectivity index (χ3v) is 4.56. The predicted molar refractivity (Wildman–Crippen MR) is 98.4 cm³/mol. The highest BCUT2D eigenvalue weighted by molar-refractivity contribution is 6.31. The molecule has 0 saturated carbocycles. The molecule has 0 bridgehead atoms. The van der Waals surface area contributed by atoms with Gasteiger partial charge in [0.05, 0.1) is 11.5 Å². The largest absolute Gasteiger partial charge is 0.465 e. The molecule has 0 fully saturated rings. The summed E-state index contributed by atoms with van der Waals surface area (Å²) in [5, 5.41) is 18.8. The van der Waals surface area contributed by atoms with Crippen LogP contribution in [0.3, 0.4) is 0 Å². The molecule has 0 amide bonds. The van der Waals surface area contributed by atoms with Crippen LogP contribution in [0.4, 0.5) is 11.6 Å². The van der Waals surface area contributed by atoms with E-state index in [-0.39, 0.29) is 12.3 Å². The Morgan fingerprint density at radius 2 is 2.26 bits per heavy atom. The van der Waals surface area contributed by atoms with Crippen molar-refractivity contribution in [2.45, 2.75) is 26.3 Å². The van der Waals surface area contributed by atoms with Crippen LogP contribution in [0.2, 0.25) is 5.02 Å². The van der Waals surface area contributed by atoms with Gasteiger partial charge < -0.3 is 10.1 Å². The monoisotopic (exact) mass is 391 g/mol. The molecule has 0 radical (unpaired) electrons. The van der Waals surface area contributed by atoms with Gasteiger partial charge >= 0.3 is 5.97 Å². The van der Waals surface area contributed by atoms with Gasteiger partial charge in [0, 0.05) is 28.4 Å². The second-order valence-electron chi connectivity index (χ2n) is 5.86. The van der Waals surface area contributed by atoms with E-state index in [9.17, 15) is 14.9 Å². The number of carbonyl (C=O) groups is 1. The first-order valence-corrected chi connectivity index (χ1v) is 8.82. The van der Waals surface area contributed by atoms with E-state index in [2.05, 4.69) is 15.4 Å². The molecule has 0 spiro atoms. The Labute approximate surface area is 160 Å². The lowest BCUT2D eigenvalue weighted by molar-refractivity contribution is -0.384. The van der Waals surface area contributed by atoms with Crippen molar-refractivity contribution >= 4 is 29.2 Å². The highest BCUT2D eigenvalue weighted by Gasteiger charge is 2.42. The quantitative estimate of drug-likeness (QED) is 0.472. The second kappa shape index (κ2) is 7.75. The Balaban J connectivity index is 2.22. The Hall–Kier alpha value is -2.94. The maximum absolute atomic E-state index is 12.8. The summed E-state index contributed by atoms with van der Waals surface area (Å²) in [5.41, 5.74) is 0.876. The average molecular weight is 392 g/mol. The van der Waals surface area contributed by atoms with Gasteiger partial charge in [0.2, 0.25) is 5.95 Å². The van der Waals surface area contributed by atoms with Crippen LogP contribution >= 0.6 is 11.6 Å². The van der Waals surface area contributed by atoms with E-state index < -0.39 is 22.9 Å².